The molecule has 0 bridgehead atoms. The number of nitrogens with zero attached hydrogens (tertiary/aromatic N) is 1. The predicted molar refractivity (Wildman–Crippen MR) is 76.1 cm³/mol. The van der Waals surface area contributed by atoms with Crippen molar-refractivity contribution in [2.45, 2.75) is 59.0 Å². The zero-order valence-corrected chi connectivity index (χ0v) is 12.2. The van der Waals surface area contributed by atoms with Crippen LogP contribution < -0.4 is 0 Å². The SMILES string of the molecule is CC(C)c1ccc(O)c2c1CN(C(C)(C)C)CC2. The Morgan fingerprint density at radius 2 is 1.83 bits per heavy atom. The molecule has 2 nitrogen and oxygen atoms in total. The van der Waals surface area contributed by atoms with Gasteiger partial charge in [-0.25, -0.2) is 0 Å². The van der Waals surface area contributed by atoms with E-state index in [4.69, 9.17) is 0 Å². The summed E-state index contributed by atoms with van der Waals surface area (Å²) in [7, 11) is 0. The van der Waals surface area contributed by atoms with Crippen molar-refractivity contribution < 1.29 is 5.11 Å². The molecule has 18 heavy (non-hydrogen) atoms. The Morgan fingerprint density at radius 1 is 1.17 bits per heavy atom. The fourth-order valence-electron chi connectivity index (χ4n) is 2.79. The van der Waals surface area contributed by atoms with E-state index in [1.807, 2.05) is 6.07 Å². The smallest absolute Gasteiger partial charge is 0.119 e. The van der Waals surface area contributed by atoms with E-state index in [-0.39, 0.29) is 5.54 Å². The van der Waals surface area contributed by atoms with Crippen molar-refractivity contribution in [3.63, 3.8) is 0 Å². The Hall–Kier alpha value is -1.02. The van der Waals surface area contributed by atoms with Gasteiger partial charge >= 0.3 is 0 Å². The first kappa shape index (κ1) is 13.4. The van der Waals surface area contributed by atoms with Crippen molar-refractivity contribution in [3.05, 3.63) is 28.8 Å². The van der Waals surface area contributed by atoms with Gasteiger partial charge in [0.15, 0.2) is 0 Å². The molecular weight excluding hydrogens is 222 g/mol. The van der Waals surface area contributed by atoms with Gasteiger partial charge in [-0.1, -0.05) is 19.9 Å². The van der Waals surface area contributed by atoms with Crippen LogP contribution in [0.1, 0.15) is 57.2 Å². The van der Waals surface area contributed by atoms with Gasteiger partial charge in [-0.3, -0.25) is 4.90 Å². The molecular formula is C16H25NO. The molecule has 0 unspecified atom stereocenters. The molecule has 1 aromatic rings. The molecule has 0 aromatic heterocycles. The van der Waals surface area contributed by atoms with Crippen LogP contribution in [0.2, 0.25) is 0 Å². The highest BCUT2D eigenvalue weighted by Gasteiger charge is 2.28. The number of rotatable bonds is 1. The summed E-state index contributed by atoms with van der Waals surface area (Å²) in [6.07, 6.45) is 0.957. The van der Waals surface area contributed by atoms with Crippen LogP contribution in [-0.4, -0.2) is 22.1 Å². The first-order valence-electron chi connectivity index (χ1n) is 6.89. The summed E-state index contributed by atoms with van der Waals surface area (Å²) in [6.45, 7) is 13.2. The summed E-state index contributed by atoms with van der Waals surface area (Å²) < 4.78 is 0. The van der Waals surface area contributed by atoms with Crippen LogP contribution in [0.4, 0.5) is 0 Å². The predicted octanol–water partition coefficient (Wildman–Crippen LogP) is 3.67. The van der Waals surface area contributed by atoms with Crippen LogP contribution in [0, 0.1) is 0 Å². The topological polar surface area (TPSA) is 23.5 Å². The van der Waals surface area contributed by atoms with Crippen LogP contribution in [0.15, 0.2) is 12.1 Å². The van der Waals surface area contributed by atoms with Gasteiger partial charge in [0.2, 0.25) is 0 Å². The second-order valence-electron chi connectivity index (χ2n) is 6.63. The summed E-state index contributed by atoms with van der Waals surface area (Å²) in [6, 6.07) is 3.95. The van der Waals surface area contributed by atoms with E-state index in [1.165, 1.54) is 16.7 Å². The first-order chi connectivity index (χ1) is 8.30. The summed E-state index contributed by atoms with van der Waals surface area (Å²) in [5.74, 6) is 0.988. The van der Waals surface area contributed by atoms with Crippen molar-refractivity contribution >= 4 is 0 Å². The molecule has 0 atom stereocenters. The first-order valence-corrected chi connectivity index (χ1v) is 6.89. The number of fused-ring (bicyclic) bond motifs is 1. The van der Waals surface area contributed by atoms with Crippen molar-refractivity contribution in [1.29, 1.82) is 0 Å². The average molecular weight is 247 g/mol. The maximum atomic E-state index is 10.0. The zero-order valence-electron chi connectivity index (χ0n) is 12.2. The Kier molecular flexibility index (Phi) is 3.41. The van der Waals surface area contributed by atoms with E-state index in [1.54, 1.807) is 0 Å². The fourth-order valence-corrected chi connectivity index (χ4v) is 2.79. The van der Waals surface area contributed by atoms with E-state index >= 15 is 0 Å². The molecule has 0 saturated carbocycles. The van der Waals surface area contributed by atoms with Gasteiger partial charge in [-0.2, -0.15) is 0 Å². The van der Waals surface area contributed by atoms with Gasteiger partial charge in [0.1, 0.15) is 5.75 Å². The van der Waals surface area contributed by atoms with Gasteiger partial charge in [0, 0.05) is 18.6 Å². The largest absolute Gasteiger partial charge is 0.508 e. The van der Waals surface area contributed by atoms with Crippen molar-refractivity contribution in [2.24, 2.45) is 0 Å². The molecule has 1 aromatic carbocycles. The maximum absolute atomic E-state index is 10.0. The highest BCUT2D eigenvalue weighted by molar-refractivity contribution is 5.47. The normalized spacial score (nSPS) is 17.0. The van der Waals surface area contributed by atoms with Crippen LogP contribution in [0.3, 0.4) is 0 Å². The van der Waals surface area contributed by atoms with E-state index < -0.39 is 0 Å². The monoisotopic (exact) mass is 247 g/mol. The molecule has 0 spiro atoms. The fraction of sp³-hybridized carbons (Fsp3) is 0.625. The highest BCUT2D eigenvalue weighted by atomic mass is 16.3. The number of phenols is 1. The van der Waals surface area contributed by atoms with Crippen molar-refractivity contribution in [2.75, 3.05) is 6.54 Å². The Bertz CT molecular complexity index is 443. The molecule has 0 saturated heterocycles. The van der Waals surface area contributed by atoms with E-state index in [0.29, 0.717) is 11.7 Å². The van der Waals surface area contributed by atoms with Gasteiger partial charge in [-0.15, -0.1) is 0 Å². The second kappa shape index (κ2) is 4.58. The van der Waals surface area contributed by atoms with E-state index in [9.17, 15) is 5.11 Å². The quantitative estimate of drug-likeness (QED) is 0.818. The molecule has 1 aliphatic heterocycles. The number of phenolic OH excluding ortho intramolecular Hbond substituents is 1. The van der Waals surface area contributed by atoms with E-state index in [2.05, 4.69) is 45.6 Å². The lowest BCUT2D eigenvalue weighted by molar-refractivity contribution is 0.119. The molecule has 0 radical (unpaired) electrons. The molecule has 0 amide bonds. The van der Waals surface area contributed by atoms with Crippen molar-refractivity contribution in [3.8, 4) is 5.75 Å². The summed E-state index contributed by atoms with van der Waals surface area (Å²) in [4.78, 5) is 2.50. The number of hydrogen-bond donors (Lipinski definition) is 1. The molecule has 2 rings (SSSR count). The number of aromatic hydroxyl groups is 1. The van der Waals surface area contributed by atoms with Crippen LogP contribution in [0.25, 0.3) is 0 Å². The minimum absolute atomic E-state index is 0.192. The summed E-state index contributed by atoms with van der Waals surface area (Å²) in [5.41, 5.74) is 4.10. The second-order valence-corrected chi connectivity index (χ2v) is 6.63. The molecule has 2 heteroatoms. The van der Waals surface area contributed by atoms with Crippen molar-refractivity contribution in [1.82, 2.24) is 4.90 Å². The Morgan fingerprint density at radius 3 is 2.39 bits per heavy atom. The highest BCUT2D eigenvalue weighted by Crippen LogP contribution is 2.35. The molecule has 0 fully saturated rings. The number of hydrogen-bond acceptors (Lipinski definition) is 2. The molecule has 100 valence electrons. The molecule has 0 aliphatic carbocycles. The van der Waals surface area contributed by atoms with Crippen LogP contribution in [-0.2, 0) is 13.0 Å². The lowest BCUT2D eigenvalue weighted by atomic mass is 9.87. The maximum Gasteiger partial charge on any atom is 0.119 e. The lowest BCUT2D eigenvalue weighted by Crippen LogP contribution is -2.44. The summed E-state index contributed by atoms with van der Waals surface area (Å²) in [5, 5.41) is 10.0. The van der Waals surface area contributed by atoms with Gasteiger partial charge in [0.05, 0.1) is 0 Å². The molecule has 1 heterocycles. The van der Waals surface area contributed by atoms with Gasteiger partial charge in [0.25, 0.3) is 0 Å². The Balaban J connectivity index is 2.43. The minimum Gasteiger partial charge on any atom is -0.508 e. The molecule has 1 aliphatic rings. The van der Waals surface area contributed by atoms with Crippen LogP contribution in [0.5, 0.6) is 5.75 Å². The van der Waals surface area contributed by atoms with Crippen LogP contribution >= 0.6 is 0 Å². The molecule has 1 N–H and O–H groups in total. The lowest BCUT2D eigenvalue weighted by Gasteiger charge is -2.40. The van der Waals surface area contributed by atoms with E-state index in [0.717, 1.165) is 19.5 Å². The standard InChI is InChI=1S/C16H25NO/c1-11(2)12-6-7-15(18)13-8-9-17(10-14(12)13)16(3,4)5/h6-7,11,18H,8-10H2,1-5H3. The third kappa shape index (κ3) is 2.39. The average Bonchev–Trinajstić information content (AvgIpc) is 2.27. The Labute approximate surface area is 111 Å². The third-order valence-electron chi connectivity index (χ3n) is 3.99. The van der Waals surface area contributed by atoms with Gasteiger partial charge < -0.3 is 5.11 Å². The summed E-state index contributed by atoms with van der Waals surface area (Å²) >= 11 is 0. The minimum atomic E-state index is 0.192. The van der Waals surface area contributed by atoms with Gasteiger partial charge in [-0.05, 0) is 55.9 Å². The number of benzene rings is 1. The third-order valence-corrected chi connectivity index (χ3v) is 3.99. The zero-order chi connectivity index (χ0) is 13.5.